The van der Waals surface area contributed by atoms with E-state index >= 15 is 0 Å². The Balaban J connectivity index is 3.07. The van der Waals surface area contributed by atoms with Crippen LogP contribution in [-0.2, 0) is 5.41 Å². The Hall–Kier alpha value is -0.890. The molecule has 90 valence electrons. The molecule has 2 nitrogen and oxygen atoms in total. The van der Waals surface area contributed by atoms with Crippen LogP contribution in [0.4, 0.5) is 0 Å². The average Bonchev–Trinajstić information content (AvgIpc) is 2.28. The first-order valence-corrected chi connectivity index (χ1v) is 5.87. The molecule has 1 aromatic rings. The summed E-state index contributed by atoms with van der Waals surface area (Å²) in [5, 5.41) is 0. The predicted molar refractivity (Wildman–Crippen MR) is 67.9 cm³/mol. The zero-order chi connectivity index (χ0) is 12.2. The van der Waals surface area contributed by atoms with E-state index in [1.54, 1.807) is 14.2 Å². The van der Waals surface area contributed by atoms with Gasteiger partial charge in [-0.2, -0.15) is 0 Å². The molecule has 0 aromatic heterocycles. The number of hydrogen-bond donors (Lipinski definition) is 0. The van der Waals surface area contributed by atoms with E-state index in [0.29, 0.717) is 5.88 Å². The lowest BCUT2D eigenvalue weighted by molar-refractivity contribution is 0.353. The highest BCUT2D eigenvalue weighted by atomic mass is 35.5. The molecule has 0 N–H and O–H groups in total. The van der Waals surface area contributed by atoms with Gasteiger partial charge in [0.15, 0.2) is 11.5 Å². The maximum atomic E-state index is 5.81. The summed E-state index contributed by atoms with van der Waals surface area (Å²) in [6, 6.07) is 6.02. The van der Waals surface area contributed by atoms with Gasteiger partial charge in [-0.25, -0.2) is 0 Å². The van der Waals surface area contributed by atoms with Crippen LogP contribution in [0.2, 0.25) is 0 Å². The molecule has 0 aliphatic carbocycles. The largest absolute Gasteiger partial charge is 0.493 e. The maximum absolute atomic E-state index is 5.81. The number of hydrogen-bond acceptors (Lipinski definition) is 2. The van der Waals surface area contributed by atoms with E-state index < -0.39 is 0 Å². The number of halogens is 1. The molecule has 0 unspecified atom stereocenters. The summed E-state index contributed by atoms with van der Waals surface area (Å²) >= 11 is 5.81. The van der Waals surface area contributed by atoms with Gasteiger partial charge in [-0.05, 0) is 29.5 Å². The van der Waals surface area contributed by atoms with E-state index in [1.165, 1.54) is 5.56 Å². The Morgan fingerprint density at radius 2 is 1.75 bits per heavy atom. The molecule has 16 heavy (non-hydrogen) atoms. The minimum atomic E-state index is 0.0568. The molecule has 1 aromatic carbocycles. The van der Waals surface area contributed by atoms with E-state index in [4.69, 9.17) is 21.1 Å². The van der Waals surface area contributed by atoms with E-state index in [9.17, 15) is 0 Å². The minimum absolute atomic E-state index is 0.0568. The third kappa shape index (κ3) is 2.82. The van der Waals surface area contributed by atoms with Gasteiger partial charge in [-0.3, -0.25) is 0 Å². The Morgan fingerprint density at radius 1 is 1.12 bits per heavy atom. The average molecular weight is 243 g/mol. The van der Waals surface area contributed by atoms with Crippen LogP contribution in [0.25, 0.3) is 0 Å². The monoisotopic (exact) mass is 242 g/mol. The molecule has 1 rings (SSSR count). The third-order valence-electron chi connectivity index (χ3n) is 2.88. The third-order valence-corrected chi connectivity index (χ3v) is 3.07. The summed E-state index contributed by atoms with van der Waals surface area (Å²) in [4.78, 5) is 0. The maximum Gasteiger partial charge on any atom is 0.161 e. The molecule has 0 saturated carbocycles. The van der Waals surface area contributed by atoms with Gasteiger partial charge in [0.05, 0.1) is 14.2 Å². The van der Waals surface area contributed by atoms with Crippen LogP contribution in [0.3, 0.4) is 0 Å². The molecule has 0 aliphatic heterocycles. The SMILES string of the molecule is COc1ccc(C(C)(C)CCCl)cc1OC. The molecule has 0 spiro atoms. The Morgan fingerprint density at radius 3 is 2.25 bits per heavy atom. The van der Waals surface area contributed by atoms with Crippen LogP contribution in [0.15, 0.2) is 18.2 Å². The second kappa shape index (κ2) is 5.44. The number of methoxy groups -OCH3 is 2. The molecule has 0 radical (unpaired) electrons. The van der Waals surface area contributed by atoms with Crippen molar-refractivity contribution in [2.75, 3.05) is 20.1 Å². The second-order valence-corrected chi connectivity index (χ2v) is 4.77. The Labute approximate surface area is 103 Å². The standard InChI is InChI=1S/C13H19ClO2/c1-13(2,7-8-14)10-5-6-11(15-3)12(9-10)16-4/h5-6,9H,7-8H2,1-4H3. The van der Waals surface area contributed by atoms with E-state index in [2.05, 4.69) is 19.9 Å². The summed E-state index contributed by atoms with van der Waals surface area (Å²) in [5.41, 5.74) is 1.27. The number of ether oxygens (including phenoxy) is 2. The lowest BCUT2D eigenvalue weighted by Crippen LogP contribution is -2.17. The van der Waals surface area contributed by atoms with Gasteiger partial charge >= 0.3 is 0 Å². The molecule has 0 fully saturated rings. The highest BCUT2D eigenvalue weighted by molar-refractivity contribution is 6.17. The van der Waals surface area contributed by atoms with Crippen molar-refractivity contribution in [3.05, 3.63) is 23.8 Å². The van der Waals surface area contributed by atoms with Crippen LogP contribution in [0.1, 0.15) is 25.8 Å². The fraction of sp³-hybridized carbons (Fsp3) is 0.538. The fourth-order valence-electron chi connectivity index (χ4n) is 1.64. The summed E-state index contributed by atoms with van der Waals surface area (Å²) in [6.45, 7) is 4.35. The van der Waals surface area contributed by atoms with Crippen LogP contribution in [-0.4, -0.2) is 20.1 Å². The summed E-state index contributed by atoms with van der Waals surface area (Å²) in [5.74, 6) is 2.18. The van der Waals surface area contributed by atoms with Crippen LogP contribution < -0.4 is 9.47 Å². The first-order valence-electron chi connectivity index (χ1n) is 5.33. The second-order valence-electron chi connectivity index (χ2n) is 4.39. The van der Waals surface area contributed by atoms with E-state index in [0.717, 1.165) is 17.9 Å². The van der Waals surface area contributed by atoms with Gasteiger partial charge in [-0.1, -0.05) is 19.9 Å². The number of rotatable bonds is 5. The lowest BCUT2D eigenvalue weighted by atomic mass is 9.82. The molecule has 0 bridgehead atoms. The van der Waals surface area contributed by atoms with Crippen molar-refractivity contribution < 1.29 is 9.47 Å². The molecular weight excluding hydrogens is 224 g/mol. The zero-order valence-electron chi connectivity index (χ0n) is 10.3. The number of alkyl halides is 1. The van der Waals surface area contributed by atoms with Crippen molar-refractivity contribution in [1.82, 2.24) is 0 Å². The molecule has 0 heterocycles. The van der Waals surface area contributed by atoms with Crippen molar-refractivity contribution in [2.24, 2.45) is 0 Å². The van der Waals surface area contributed by atoms with Crippen LogP contribution in [0, 0.1) is 0 Å². The van der Waals surface area contributed by atoms with Crippen molar-refractivity contribution in [1.29, 1.82) is 0 Å². The van der Waals surface area contributed by atoms with Gasteiger partial charge < -0.3 is 9.47 Å². The number of benzene rings is 1. The Bertz CT molecular complexity index is 348. The summed E-state index contributed by atoms with van der Waals surface area (Å²) in [6.07, 6.45) is 0.935. The van der Waals surface area contributed by atoms with Gasteiger partial charge in [0, 0.05) is 5.88 Å². The lowest BCUT2D eigenvalue weighted by Gasteiger charge is -2.25. The molecule has 0 saturated heterocycles. The molecule has 0 amide bonds. The van der Waals surface area contributed by atoms with Crippen LogP contribution >= 0.6 is 11.6 Å². The first-order chi connectivity index (χ1) is 7.55. The van der Waals surface area contributed by atoms with Crippen molar-refractivity contribution >= 4 is 11.6 Å². The Kier molecular flexibility index (Phi) is 4.48. The van der Waals surface area contributed by atoms with Gasteiger partial charge in [-0.15, -0.1) is 11.6 Å². The molecule has 0 aliphatic rings. The van der Waals surface area contributed by atoms with Gasteiger partial charge in [0.1, 0.15) is 0 Å². The van der Waals surface area contributed by atoms with Crippen LogP contribution in [0.5, 0.6) is 11.5 Å². The van der Waals surface area contributed by atoms with Gasteiger partial charge in [0.2, 0.25) is 0 Å². The first kappa shape index (κ1) is 13.2. The summed E-state index contributed by atoms with van der Waals surface area (Å²) in [7, 11) is 3.29. The topological polar surface area (TPSA) is 18.5 Å². The minimum Gasteiger partial charge on any atom is -0.493 e. The van der Waals surface area contributed by atoms with Crippen molar-refractivity contribution in [3.8, 4) is 11.5 Å². The van der Waals surface area contributed by atoms with E-state index in [-0.39, 0.29) is 5.41 Å². The van der Waals surface area contributed by atoms with Crippen molar-refractivity contribution in [2.45, 2.75) is 25.7 Å². The normalized spacial score (nSPS) is 11.3. The predicted octanol–water partition coefficient (Wildman–Crippen LogP) is 3.61. The smallest absolute Gasteiger partial charge is 0.161 e. The molecule has 3 heteroatoms. The highest BCUT2D eigenvalue weighted by Gasteiger charge is 2.21. The summed E-state index contributed by atoms with van der Waals surface area (Å²) < 4.78 is 10.5. The van der Waals surface area contributed by atoms with E-state index in [1.807, 2.05) is 12.1 Å². The van der Waals surface area contributed by atoms with Gasteiger partial charge in [0.25, 0.3) is 0 Å². The molecule has 0 atom stereocenters. The van der Waals surface area contributed by atoms with Crippen molar-refractivity contribution in [3.63, 3.8) is 0 Å². The zero-order valence-corrected chi connectivity index (χ0v) is 11.1. The fourth-order valence-corrected chi connectivity index (χ4v) is 2.11. The highest BCUT2D eigenvalue weighted by Crippen LogP contribution is 2.34. The quantitative estimate of drug-likeness (QED) is 0.735. The molecular formula is C13H19ClO2.